The van der Waals surface area contributed by atoms with Gasteiger partial charge in [0.2, 0.25) is 0 Å². The maximum atomic E-state index is 12.3. The highest BCUT2D eigenvalue weighted by molar-refractivity contribution is 6.35. The largest absolute Gasteiger partial charge is 0.307 e. The Kier molecular flexibility index (Phi) is 7.12. The molecule has 0 spiro atoms. The summed E-state index contributed by atoms with van der Waals surface area (Å²) in [6.07, 6.45) is 5.92. The molecule has 0 aliphatic carbocycles. The van der Waals surface area contributed by atoms with Crippen molar-refractivity contribution in [1.29, 1.82) is 5.26 Å². The van der Waals surface area contributed by atoms with Gasteiger partial charge in [0.05, 0.1) is 45.2 Å². The van der Waals surface area contributed by atoms with E-state index in [4.69, 9.17) is 9.97 Å². The smallest absolute Gasteiger partial charge is 0.104 e. The van der Waals surface area contributed by atoms with E-state index in [0.717, 1.165) is 121 Å². The lowest BCUT2D eigenvalue weighted by atomic mass is 9.82. The summed E-state index contributed by atoms with van der Waals surface area (Å²) in [7, 11) is 0. The molecule has 0 unspecified atom stereocenters. The predicted octanol–water partition coefficient (Wildman–Crippen LogP) is 15.0. The van der Waals surface area contributed by atoms with Crippen LogP contribution in [-0.2, 0) is 0 Å². The van der Waals surface area contributed by atoms with Gasteiger partial charge >= 0.3 is 0 Å². The van der Waals surface area contributed by atoms with Gasteiger partial charge in [-0.1, -0.05) is 164 Å². The molecule has 14 rings (SSSR count). The van der Waals surface area contributed by atoms with Gasteiger partial charge in [-0.3, -0.25) is 9.97 Å². The van der Waals surface area contributed by atoms with Crippen LogP contribution in [-0.4, -0.2) is 19.1 Å². The van der Waals surface area contributed by atoms with E-state index in [1.807, 2.05) is 18.6 Å². The van der Waals surface area contributed by atoms with Crippen LogP contribution in [0.2, 0.25) is 0 Å². The topological polar surface area (TPSA) is 59.4 Å². The Hall–Kier alpha value is -8.85. The zero-order valence-electron chi connectivity index (χ0n) is 34.3. The molecule has 0 saturated carbocycles. The van der Waals surface area contributed by atoms with Crippen LogP contribution in [0.1, 0.15) is 5.56 Å². The second-order valence-electron chi connectivity index (χ2n) is 16.7. The van der Waals surface area contributed by atoms with E-state index in [2.05, 4.69) is 197 Å². The quantitative estimate of drug-likeness (QED) is 0.163. The Balaban J connectivity index is 1.30. The Labute approximate surface area is 366 Å². The van der Waals surface area contributed by atoms with Crippen molar-refractivity contribution in [1.82, 2.24) is 19.1 Å². The second kappa shape index (κ2) is 13.1. The van der Waals surface area contributed by atoms with Crippen molar-refractivity contribution < 1.29 is 0 Å². The third kappa shape index (κ3) is 4.50. The molecule has 0 N–H and O–H groups in total. The molecule has 64 heavy (non-hydrogen) atoms. The number of fused-ring (bicyclic) bond motifs is 6. The number of rotatable bonds is 5. The maximum Gasteiger partial charge on any atom is 0.104 e. The molecule has 14 aromatic rings. The van der Waals surface area contributed by atoms with Gasteiger partial charge in [-0.25, -0.2) is 0 Å². The van der Waals surface area contributed by atoms with Crippen LogP contribution in [0.3, 0.4) is 0 Å². The highest BCUT2D eigenvalue weighted by Gasteiger charge is 2.33. The Bertz CT molecular complexity index is 3810. The van der Waals surface area contributed by atoms with Gasteiger partial charge in [0, 0.05) is 61.4 Å². The second-order valence-corrected chi connectivity index (χ2v) is 16.7. The third-order valence-corrected chi connectivity index (χ3v) is 13.6. The lowest BCUT2D eigenvalue weighted by Gasteiger charge is -2.27. The first-order valence-electron chi connectivity index (χ1n) is 21.6. The fourth-order valence-electron chi connectivity index (χ4n) is 11.2. The molecule has 0 atom stereocenters. The Morgan fingerprint density at radius 1 is 0.359 bits per heavy atom. The number of nitrogens with zero attached hydrogens (tertiary/aromatic N) is 5. The van der Waals surface area contributed by atoms with Gasteiger partial charge in [0.15, 0.2) is 0 Å². The average Bonchev–Trinajstić information content (AvgIpc) is 3.89. The summed E-state index contributed by atoms with van der Waals surface area (Å²) in [5.74, 6) is 0. The van der Waals surface area contributed by atoms with Crippen LogP contribution in [0, 0.1) is 11.3 Å². The normalized spacial score (nSPS) is 12.0. The maximum absolute atomic E-state index is 12.3. The standard InChI is InChI=1S/C59H33N5/c60-32-44-58(63-47-29-15-27-42-40-24-12-13-25-43(40)57-56(54(42)47)48(63)30-31-62-57)51(36-18-6-2-7-19-36)50(35-16-4-1-5-17-35)52(37-20-8-3-9-21-37)59(44)64-46-28-14-26-41-38-22-10-11-23-39(38)45-33-61-34-49(64)55(45)53(41)46/h1-31,33-34H. The number of nitriles is 1. The minimum Gasteiger partial charge on any atom is -0.307 e. The van der Waals surface area contributed by atoms with E-state index in [9.17, 15) is 5.26 Å². The Morgan fingerprint density at radius 3 is 1.38 bits per heavy atom. The van der Waals surface area contributed by atoms with Crippen molar-refractivity contribution in [2.75, 3.05) is 0 Å². The molecule has 4 aromatic heterocycles. The lowest BCUT2D eigenvalue weighted by Crippen LogP contribution is -2.11. The van der Waals surface area contributed by atoms with Crippen LogP contribution in [0.5, 0.6) is 0 Å². The number of benzene rings is 10. The number of hydrogen-bond donors (Lipinski definition) is 0. The van der Waals surface area contributed by atoms with Gasteiger partial charge in [-0.15, -0.1) is 0 Å². The van der Waals surface area contributed by atoms with Crippen molar-refractivity contribution in [3.63, 3.8) is 0 Å². The van der Waals surface area contributed by atoms with Gasteiger partial charge in [0.1, 0.15) is 11.6 Å². The highest BCUT2D eigenvalue weighted by Crippen LogP contribution is 2.54. The van der Waals surface area contributed by atoms with Crippen LogP contribution in [0.25, 0.3) is 132 Å². The highest BCUT2D eigenvalue weighted by atomic mass is 15.0. The predicted molar refractivity (Wildman–Crippen MR) is 264 cm³/mol. The van der Waals surface area contributed by atoms with Gasteiger partial charge in [0.25, 0.3) is 0 Å². The summed E-state index contributed by atoms with van der Waals surface area (Å²) >= 11 is 0. The number of hydrogen-bond acceptors (Lipinski definition) is 3. The number of pyridine rings is 2. The first-order valence-corrected chi connectivity index (χ1v) is 21.6. The monoisotopic (exact) mass is 811 g/mol. The summed E-state index contributed by atoms with van der Waals surface area (Å²) in [4.78, 5) is 10.1. The van der Waals surface area contributed by atoms with Crippen molar-refractivity contribution in [2.45, 2.75) is 0 Å². The van der Waals surface area contributed by atoms with Gasteiger partial charge in [-0.05, 0) is 61.8 Å². The molecular weight excluding hydrogens is 779 g/mol. The van der Waals surface area contributed by atoms with E-state index < -0.39 is 0 Å². The molecule has 0 aliphatic heterocycles. The van der Waals surface area contributed by atoms with Crippen LogP contribution >= 0.6 is 0 Å². The fraction of sp³-hybridized carbons (Fsp3) is 0. The van der Waals surface area contributed by atoms with Crippen LogP contribution in [0.15, 0.2) is 201 Å². The fourth-order valence-corrected chi connectivity index (χ4v) is 11.2. The van der Waals surface area contributed by atoms with Crippen LogP contribution < -0.4 is 0 Å². The van der Waals surface area contributed by atoms with E-state index in [0.29, 0.717) is 5.56 Å². The lowest BCUT2D eigenvalue weighted by molar-refractivity contribution is 1.12. The summed E-state index contributed by atoms with van der Waals surface area (Å²) < 4.78 is 4.72. The SMILES string of the molecule is N#Cc1c(-n2c3cccc4c5ccccc5c5cncc2c5c43)c(-c2ccccc2)c(-c2ccccc2)c(-c2ccccc2)c1-n1c2cccc3c4ccccc4c4nccc1c4c32. The van der Waals surface area contributed by atoms with E-state index in [1.54, 1.807) is 0 Å². The molecule has 0 amide bonds. The molecule has 5 nitrogen and oxygen atoms in total. The third-order valence-electron chi connectivity index (χ3n) is 13.6. The number of aromatic nitrogens is 4. The minimum atomic E-state index is 0.558. The van der Waals surface area contributed by atoms with Crippen molar-refractivity contribution in [2.24, 2.45) is 0 Å². The summed E-state index contributed by atoms with van der Waals surface area (Å²) in [5, 5.41) is 24.9. The van der Waals surface area contributed by atoms with Crippen molar-refractivity contribution in [3.05, 3.63) is 206 Å². The molecule has 0 bridgehead atoms. The van der Waals surface area contributed by atoms with Crippen molar-refractivity contribution in [3.8, 4) is 50.8 Å². The molecule has 0 radical (unpaired) electrons. The molecule has 0 aliphatic rings. The molecule has 4 heterocycles. The van der Waals surface area contributed by atoms with E-state index in [-0.39, 0.29) is 0 Å². The zero-order chi connectivity index (χ0) is 42.0. The molecule has 294 valence electrons. The zero-order valence-corrected chi connectivity index (χ0v) is 34.3. The van der Waals surface area contributed by atoms with E-state index in [1.165, 1.54) is 10.8 Å². The van der Waals surface area contributed by atoms with Gasteiger partial charge in [-0.2, -0.15) is 5.26 Å². The average molecular weight is 812 g/mol. The van der Waals surface area contributed by atoms with Crippen molar-refractivity contribution >= 4 is 86.8 Å². The molecule has 0 fully saturated rings. The summed E-state index contributed by atoms with van der Waals surface area (Å²) in [6.45, 7) is 0. The first-order chi connectivity index (χ1) is 31.8. The molecule has 5 heteroatoms. The molecule has 0 saturated heterocycles. The molecule has 10 aromatic carbocycles. The van der Waals surface area contributed by atoms with E-state index >= 15 is 0 Å². The van der Waals surface area contributed by atoms with Crippen LogP contribution in [0.4, 0.5) is 0 Å². The Morgan fingerprint density at radius 2 is 0.797 bits per heavy atom. The minimum absolute atomic E-state index is 0.558. The first kappa shape index (κ1) is 34.8. The molecular formula is C59H33N5. The summed E-state index contributed by atoms with van der Waals surface area (Å²) in [5.41, 5.74) is 13.2. The summed E-state index contributed by atoms with van der Waals surface area (Å²) in [6, 6.07) is 67.4. The van der Waals surface area contributed by atoms with Gasteiger partial charge < -0.3 is 9.13 Å².